The van der Waals surface area contributed by atoms with Crippen LogP contribution in [0.3, 0.4) is 0 Å². The van der Waals surface area contributed by atoms with E-state index in [9.17, 15) is 15.0 Å². The zero-order valence-electron chi connectivity index (χ0n) is 25.5. The predicted molar refractivity (Wildman–Crippen MR) is 170 cm³/mol. The second-order valence-corrected chi connectivity index (χ2v) is 14.9. The van der Waals surface area contributed by atoms with E-state index in [-0.39, 0.29) is 34.7 Å². The Kier molecular flexibility index (Phi) is 6.33. The lowest BCUT2D eigenvalue weighted by molar-refractivity contribution is -0.177. The molecule has 3 heterocycles. The highest BCUT2D eigenvalue weighted by atomic mass is 32.2. The summed E-state index contributed by atoms with van der Waals surface area (Å²) in [6, 6.07) is 13.8. The molecular formula is C35H39N5O3S. The number of aryl methyl sites for hydroxylation is 1. The molecule has 2 N–H and O–H groups in total. The Labute approximate surface area is 261 Å². The molecule has 44 heavy (non-hydrogen) atoms. The van der Waals surface area contributed by atoms with Gasteiger partial charge >= 0.3 is 0 Å². The highest BCUT2D eigenvalue weighted by molar-refractivity contribution is 7.99. The van der Waals surface area contributed by atoms with Gasteiger partial charge in [-0.2, -0.15) is 5.10 Å². The Morgan fingerprint density at radius 3 is 2.75 bits per heavy atom. The monoisotopic (exact) mass is 609 g/mol. The number of rotatable bonds is 5. The van der Waals surface area contributed by atoms with Crippen LogP contribution in [0.25, 0.3) is 22.9 Å². The van der Waals surface area contributed by atoms with Gasteiger partial charge in [-0.3, -0.25) is 4.79 Å². The van der Waals surface area contributed by atoms with E-state index in [0.29, 0.717) is 12.8 Å². The number of imidazole rings is 1. The number of hydrogen-bond acceptors (Lipinski definition) is 7. The Hall–Kier alpha value is -3.27. The molecule has 0 amide bonds. The minimum Gasteiger partial charge on any atom is -0.393 e. The first kappa shape index (κ1) is 28.2. The van der Waals surface area contributed by atoms with Crippen LogP contribution in [0.15, 0.2) is 65.6 Å². The van der Waals surface area contributed by atoms with E-state index in [2.05, 4.69) is 24.9 Å². The topological polar surface area (TPSA) is 106 Å². The number of hydrogen-bond donors (Lipinski definition) is 2. The zero-order chi connectivity index (χ0) is 30.4. The number of pyridine rings is 1. The lowest BCUT2D eigenvalue weighted by Crippen LogP contribution is -2.62. The molecule has 0 bridgehead atoms. The number of thioether (sulfide) groups is 1. The van der Waals surface area contributed by atoms with Crippen molar-refractivity contribution in [2.45, 2.75) is 69.2 Å². The normalized spacial score (nSPS) is 34.2. The summed E-state index contributed by atoms with van der Waals surface area (Å²) in [7, 11) is 1.96. The summed E-state index contributed by atoms with van der Waals surface area (Å²) in [5.41, 5.74) is 3.24. The van der Waals surface area contributed by atoms with Gasteiger partial charge in [-0.1, -0.05) is 49.4 Å². The van der Waals surface area contributed by atoms with Gasteiger partial charge in [0.05, 0.1) is 34.8 Å². The van der Waals surface area contributed by atoms with Crippen molar-refractivity contribution in [3.8, 4) is 5.82 Å². The van der Waals surface area contributed by atoms with Gasteiger partial charge in [0.2, 0.25) is 0 Å². The minimum atomic E-state index is -1.46. The van der Waals surface area contributed by atoms with E-state index in [4.69, 9.17) is 10.1 Å². The van der Waals surface area contributed by atoms with E-state index in [1.165, 1.54) is 22.9 Å². The van der Waals surface area contributed by atoms with Gasteiger partial charge in [0.25, 0.3) is 0 Å². The van der Waals surface area contributed by atoms with Crippen molar-refractivity contribution in [1.82, 2.24) is 24.3 Å². The molecule has 9 heteroatoms. The third kappa shape index (κ3) is 3.85. The fourth-order valence-corrected chi connectivity index (χ4v) is 10.8. The van der Waals surface area contributed by atoms with Crippen molar-refractivity contribution < 1.29 is 15.0 Å². The highest BCUT2D eigenvalue weighted by Crippen LogP contribution is 2.67. The zero-order valence-corrected chi connectivity index (χ0v) is 26.3. The van der Waals surface area contributed by atoms with Crippen molar-refractivity contribution in [2.75, 3.05) is 5.75 Å². The van der Waals surface area contributed by atoms with E-state index in [1.54, 1.807) is 6.20 Å². The van der Waals surface area contributed by atoms with Gasteiger partial charge < -0.3 is 14.8 Å². The number of carbonyl (C=O) groups is 1. The Bertz CT molecular complexity index is 1820. The lowest BCUT2D eigenvalue weighted by Gasteiger charge is -2.60. The number of allylic oxidation sites excluding steroid dienone is 1. The summed E-state index contributed by atoms with van der Waals surface area (Å²) >= 11 is 1.40. The second kappa shape index (κ2) is 9.86. The summed E-state index contributed by atoms with van der Waals surface area (Å²) in [4.78, 5) is 23.2. The van der Waals surface area contributed by atoms with Crippen LogP contribution < -0.4 is 0 Å². The average Bonchev–Trinajstić information content (AvgIpc) is 3.66. The first-order valence-corrected chi connectivity index (χ1v) is 16.8. The molecule has 1 aromatic carbocycles. The van der Waals surface area contributed by atoms with E-state index >= 15 is 0 Å². The molecule has 4 aliphatic carbocycles. The van der Waals surface area contributed by atoms with Crippen LogP contribution in [0.5, 0.6) is 0 Å². The average molecular weight is 610 g/mol. The van der Waals surface area contributed by atoms with Gasteiger partial charge in [-0.25, -0.2) is 14.6 Å². The first-order valence-electron chi connectivity index (χ1n) is 15.8. The smallest absolute Gasteiger partial charge is 0.175 e. The number of aliphatic hydroxyl groups excluding tert-OH is 1. The van der Waals surface area contributed by atoms with Crippen molar-refractivity contribution >= 4 is 34.7 Å². The van der Waals surface area contributed by atoms with Crippen LogP contribution in [0.1, 0.15) is 57.2 Å². The van der Waals surface area contributed by atoms with Gasteiger partial charge in [0.15, 0.2) is 16.8 Å². The van der Waals surface area contributed by atoms with Gasteiger partial charge in [0.1, 0.15) is 5.60 Å². The fourth-order valence-electron chi connectivity index (χ4n) is 9.81. The number of nitrogens with zero attached hydrogens (tertiary/aromatic N) is 5. The molecule has 0 aliphatic heterocycles. The maximum absolute atomic E-state index is 13.9. The van der Waals surface area contributed by atoms with Gasteiger partial charge in [0, 0.05) is 18.7 Å². The maximum Gasteiger partial charge on any atom is 0.175 e. The van der Waals surface area contributed by atoms with Crippen molar-refractivity contribution in [1.29, 1.82) is 0 Å². The molecule has 3 saturated carbocycles. The van der Waals surface area contributed by atoms with Crippen LogP contribution in [-0.4, -0.2) is 57.8 Å². The largest absolute Gasteiger partial charge is 0.393 e. The molecule has 8 rings (SSSR count). The van der Waals surface area contributed by atoms with Gasteiger partial charge in [-0.05, 0) is 97.6 Å². The number of aliphatic hydroxyl groups is 2. The molecule has 8 nitrogen and oxygen atoms in total. The van der Waals surface area contributed by atoms with Crippen LogP contribution >= 0.6 is 11.8 Å². The lowest BCUT2D eigenvalue weighted by atomic mass is 9.45. The highest BCUT2D eigenvalue weighted by Gasteiger charge is 2.68. The SMILES string of the molecule is Cn1c(SCC(=O)[C@@]2(O)CCC3C4CCC5=Cc6c(cnn6-c6ccccn6)CC5(C)C4C(O)CC32C)nc2ccccc21. The van der Waals surface area contributed by atoms with Crippen LogP contribution in [-0.2, 0) is 18.3 Å². The molecule has 4 aliphatic rings. The molecule has 4 aromatic rings. The molecule has 0 radical (unpaired) electrons. The number of carbonyl (C=O) groups excluding carboxylic acids is 1. The predicted octanol–water partition coefficient (Wildman–Crippen LogP) is 5.40. The summed E-state index contributed by atoms with van der Waals surface area (Å²) in [6.45, 7) is 4.40. The standard InChI is InChI=1S/C35H39N5O3S/c1-33-17-21-19-37-40(30-10-6-7-15-36-30)27(21)16-22(33)11-12-23-24-13-14-35(43,34(24,2)18-28(41)31(23)33)29(42)20-44-32-38-25-8-4-5-9-26(25)39(32)3/h4-10,15-16,19,23-24,28,31,41,43H,11-14,17-18,20H2,1-3H3/t23?,24?,28?,31?,33?,34?,35-/m0/s1. The second-order valence-electron chi connectivity index (χ2n) is 14.0. The number of fused-ring (bicyclic) bond motifs is 7. The quantitative estimate of drug-likeness (QED) is 0.292. The number of ketones is 1. The number of benzene rings is 1. The number of aromatic nitrogens is 5. The molecule has 0 saturated heterocycles. The van der Waals surface area contributed by atoms with E-state index in [1.807, 2.05) is 65.0 Å². The Morgan fingerprint density at radius 1 is 1.14 bits per heavy atom. The van der Waals surface area contributed by atoms with Crippen molar-refractivity contribution in [3.63, 3.8) is 0 Å². The fraction of sp³-hybridized carbons (Fsp3) is 0.486. The molecule has 0 spiro atoms. The molecular weight excluding hydrogens is 570 g/mol. The molecule has 228 valence electrons. The third-order valence-corrected chi connectivity index (χ3v) is 13.0. The summed E-state index contributed by atoms with van der Waals surface area (Å²) in [6.07, 6.45) is 9.85. The first-order chi connectivity index (χ1) is 21.1. The Balaban J connectivity index is 1.05. The molecule has 7 atom stereocenters. The number of Topliss-reactive ketones (excluding diaryl/α,β-unsaturated/α-hetero) is 1. The van der Waals surface area contributed by atoms with Crippen LogP contribution in [0.4, 0.5) is 0 Å². The Morgan fingerprint density at radius 2 is 1.95 bits per heavy atom. The molecule has 3 fully saturated rings. The molecule has 3 aromatic heterocycles. The summed E-state index contributed by atoms with van der Waals surface area (Å²) in [5.74, 6) is 1.32. The minimum absolute atomic E-state index is 0.0683. The van der Waals surface area contributed by atoms with Crippen molar-refractivity contribution in [3.05, 3.63) is 71.7 Å². The van der Waals surface area contributed by atoms with Crippen LogP contribution in [0.2, 0.25) is 0 Å². The van der Waals surface area contributed by atoms with Gasteiger partial charge in [-0.15, -0.1) is 0 Å². The number of para-hydroxylation sites is 2. The van der Waals surface area contributed by atoms with Crippen LogP contribution in [0, 0.1) is 28.6 Å². The molecule has 6 unspecified atom stereocenters. The summed E-state index contributed by atoms with van der Waals surface area (Å²) < 4.78 is 3.94. The van der Waals surface area contributed by atoms with Crippen molar-refractivity contribution in [2.24, 2.45) is 35.6 Å². The van der Waals surface area contributed by atoms with E-state index in [0.717, 1.165) is 53.4 Å². The van der Waals surface area contributed by atoms with E-state index < -0.39 is 17.1 Å². The third-order valence-electron chi connectivity index (χ3n) is 12.0. The maximum atomic E-state index is 13.9. The summed E-state index contributed by atoms with van der Waals surface area (Å²) in [5, 5.41) is 29.7.